The largest absolute Gasteiger partial charge is 0.326 e. The second-order valence-corrected chi connectivity index (χ2v) is 3.51. The zero-order valence-corrected chi connectivity index (χ0v) is 9.62. The van der Waals surface area contributed by atoms with Crippen LogP contribution in [0.1, 0.15) is 19.8 Å². The Morgan fingerprint density at radius 2 is 1.71 bits per heavy atom. The van der Waals surface area contributed by atoms with E-state index in [1.165, 1.54) is 6.92 Å². The van der Waals surface area contributed by atoms with Gasteiger partial charge in [-0.1, -0.05) is 0 Å². The fraction of sp³-hybridized carbons (Fsp3) is 0.231. The summed E-state index contributed by atoms with van der Waals surface area (Å²) in [5.74, 6) is 2.16. The van der Waals surface area contributed by atoms with Gasteiger partial charge in [0.2, 0.25) is 11.8 Å². The van der Waals surface area contributed by atoms with Crippen LogP contribution in [-0.2, 0) is 9.59 Å². The number of amides is 2. The zero-order valence-electron chi connectivity index (χ0n) is 9.62. The van der Waals surface area contributed by atoms with Crippen LogP contribution in [0.2, 0.25) is 0 Å². The van der Waals surface area contributed by atoms with E-state index in [0.717, 1.165) is 0 Å². The Bertz CT molecular complexity index is 443. The summed E-state index contributed by atoms with van der Waals surface area (Å²) in [6, 6.07) is 6.88. The van der Waals surface area contributed by atoms with Crippen molar-refractivity contribution >= 4 is 23.2 Å². The van der Waals surface area contributed by atoms with Gasteiger partial charge in [0, 0.05) is 31.1 Å². The maximum Gasteiger partial charge on any atom is 0.225 e. The summed E-state index contributed by atoms with van der Waals surface area (Å²) in [5.41, 5.74) is 1.38. The predicted octanol–water partition coefficient (Wildman–Crippen LogP) is 2.00. The molecule has 2 amide bonds. The standard InChI is InChI=1S/C13H14N2O2/c1-3-4-5-13(17)15-12-8-6-11(7-9-12)14-10(2)16/h1,6-9H,4-5H2,2H3,(H,14,16)(H,15,17). The van der Waals surface area contributed by atoms with E-state index in [0.29, 0.717) is 24.2 Å². The van der Waals surface area contributed by atoms with Gasteiger partial charge < -0.3 is 10.6 Å². The lowest BCUT2D eigenvalue weighted by molar-refractivity contribution is -0.116. The Morgan fingerprint density at radius 3 is 2.18 bits per heavy atom. The monoisotopic (exact) mass is 230 g/mol. The lowest BCUT2D eigenvalue weighted by atomic mass is 10.2. The van der Waals surface area contributed by atoms with E-state index < -0.39 is 0 Å². The summed E-state index contributed by atoms with van der Waals surface area (Å²) in [4.78, 5) is 22.2. The molecule has 1 rings (SSSR count). The van der Waals surface area contributed by atoms with Crippen LogP contribution in [0.4, 0.5) is 11.4 Å². The summed E-state index contributed by atoms with van der Waals surface area (Å²) < 4.78 is 0. The summed E-state index contributed by atoms with van der Waals surface area (Å²) in [7, 11) is 0. The third-order valence-corrected chi connectivity index (χ3v) is 1.99. The molecule has 0 aliphatic rings. The minimum atomic E-state index is -0.129. The highest BCUT2D eigenvalue weighted by molar-refractivity contribution is 5.92. The van der Waals surface area contributed by atoms with Crippen molar-refractivity contribution in [3.63, 3.8) is 0 Å². The van der Waals surface area contributed by atoms with Crippen LogP contribution < -0.4 is 10.6 Å². The number of anilines is 2. The molecule has 0 aliphatic carbocycles. The first-order valence-corrected chi connectivity index (χ1v) is 5.23. The van der Waals surface area contributed by atoms with Crippen LogP contribution in [-0.4, -0.2) is 11.8 Å². The van der Waals surface area contributed by atoms with Gasteiger partial charge in [0.05, 0.1) is 0 Å². The number of nitrogens with one attached hydrogen (secondary N) is 2. The molecule has 2 N–H and O–H groups in total. The van der Waals surface area contributed by atoms with Crippen molar-refractivity contribution in [1.29, 1.82) is 0 Å². The highest BCUT2D eigenvalue weighted by Gasteiger charge is 2.01. The highest BCUT2D eigenvalue weighted by atomic mass is 16.2. The van der Waals surface area contributed by atoms with Gasteiger partial charge in [-0.15, -0.1) is 12.3 Å². The van der Waals surface area contributed by atoms with Crippen LogP contribution in [0.25, 0.3) is 0 Å². The van der Waals surface area contributed by atoms with E-state index in [1.807, 2.05) is 0 Å². The minimum Gasteiger partial charge on any atom is -0.326 e. The van der Waals surface area contributed by atoms with Crippen molar-refractivity contribution in [2.45, 2.75) is 19.8 Å². The first-order chi connectivity index (χ1) is 8.11. The topological polar surface area (TPSA) is 58.2 Å². The molecule has 0 heterocycles. The summed E-state index contributed by atoms with van der Waals surface area (Å²) in [6.45, 7) is 1.44. The summed E-state index contributed by atoms with van der Waals surface area (Å²) >= 11 is 0. The van der Waals surface area contributed by atoms with E-state index in [2.05, 4.69) is 16.6 Å². The molecule has 0 bridgehead atoms. The van der Waals surface area contributed by atoms with Crippen molar-refractivity contribution in [3.05, 3.63) is 24.3 Å². The minimum absolute atomic E-state index is 0.116. The van der Waals surface area contributed by atoms with Gasteiger partial charge in [0.15, 0.2) is 0 Å². The van der Waals surface area contributed by atoms with Gasteiger partial charge in [-0.2, -0.15) is 0 Å². The Morgan fingerprint density at radius 1 is 1.18 bits per heavy atom. The van der Waals surface area contributed by atoms with Crippen molar-refractivity contribution in [3.8, 4) is 12.3 Å². The number of hydrogen-bond donors (Lipinski definition) is 2. The van der Waals surface area contributed by atoms with Gasteiger partial charge in [-0.3, -0.25) is 9.59 Å². The van der Waals surface area contributed by atoms with Crippen molar-refractivity contribution in [1.82, 2.24) is 0 Å². The van der Waals surface area contributed by atoms with Gasteiger partial charge in [-0.05, 0) is 24.3 Å². The molecule has 0 unspecified atom stereocenters. The molecule has 0 spiro atoms. The molecule has 4 nitrogen and oxygen atoms in total. The van der Waals surface area contributed by atoms with E-state index in [9.17, 15) is 9.59 Å². The molecule has 0 fully saturated rings. The SMILES string of the molecule is C#CCCC(=O)Nc1ccc(NC(C)=O)cc1. The van der Waals surface area contributed by atoms with Gasteiger partial charge in [-0.25, -0.2) is 0 Å². The number of hydrogen-bond acceptors (Lipinski definition) is 2. The number of carbonyl (C=O) groups excluding carboxylic acids is 2. The molecule has 0 atom stereocenters. The van der Waals surface area contributed by atoms with E-state index in [1.54, 1.807) is 24.3 Å². The molecular formula is C13H14N2O2. The number of terminal acetylenes is 1. The van der Waals surface area contributed by atoms with Crippen LogP contribution in [0.5, 0.6) is 0 Å². The quantitative estimate of drug-likeness (QED) is 0.777. The van der Waals surface area contributed by atoms with E-state index in [4.69, 9.17) is 6.42 Å². The zero-order chi connectivity index (χ0) is 12.7. The molecule has 0 saturated carbocycles. The van der Waals surface area contributed by atoms with E-state index >= 15 is 0 Å². The lowest BCUT2D eigenvalue weighted by Gasteiger charge is -2.06. The smallest absolute Gasteiger partial charge is 0.225 e. The Kier molecular flexibility index (Phi) is 4.77. The van der Waals surface area contributed by atoms with Gasteiger partial charge >= 0.3 is 0 Å². The van der Waals surface area contributed by atoms with Gasteiger partial charge in [0.25, 0.3) is 0 Å². The average molecular weight is 230 g/mol. The maximum absolute atomic E-state index is 11.4. The third-order valence-electron chi connectivity index (χ3n) is 1.99. The van der Waals surface area contributed by atoms with Gasteiger partial charge in [0.1, 0.15) is 0 Å². The Hall–Kier alpha value is -2.28. The average Bonchev–Trinajstić information content (AvgIpc) is 2.28. The molecule has 1 aromatic carbocycles. The maximum atomic E-state index is 11.4. The molecular weight excluding hydrogens is 216 g/mol. The first-order valence-electron chi connectivity index (χ1n) is 5.23. The lowest BCUT2D eigenvalue weighted by Crippen LogP contribution is -2.11. The normalized spacial score (nSPS) is 9.18. The van der Waals surface area contributed by atoms with Crippen LogP contribution in [0, 0.1) is 12.3 Å². The molecule has 17 heavy (non-hydrogen) atoms. The second-order valence-electron chi connectivity index (χ2n) is 3.51. The molecule has 0 radical (unpaired) electrons. The number of rotatable bonds is 4. The van der Waals surface area contributed by atoms with E-state index in [-0.39, 0.29) is 11.8 Å². The van der Waals surface area contributed by atoms with Crippen molar-refractivity contribution in [2.24, 2.45) is 0 Å². The number of carbonyl (C=O) groups is 2. The molecule has 0 aromatic heterocycles. The summed E-state index contributed by atoms with van der Waals surface area (Å²) in [5, 5.41) is 5.35. The third kappa shape index (κ3) is 4.85. The molecule has 88 valence electrons. The van der Waals surface area contributed by atoms with Crippen LogP contribution >= 0.6 is 0 Å². The first kappa shape index (κ1) is 12.8. The highest BCUT2D eigenvalue weighted by Crippen LogP contribution is 2.13. The fourth-order valence-electron chi connectivity index (χ4n) is 1.25. The van der Waals surface area contributed by atoms with Crippen LogP contribution in [0.3, 0.4) is 0 Å². The Labute approximate surface area is 100 Å². The van der Waals surface area contributed by atoms with Crippen molar-refractivity contribution in [2.75, 3.05) is 10.6 Å². The van der Waals surface area contributed by atoms with Crippen LogP contribution in [0.15, 0.2) is 24.3 Å². The molecule has 1 aromatic rings. The number of benzene rings is 1. The molecule has 0 saturated heterocycles. The molecule has 4 heteroatoms. The van der Waals surface area contributed by atoms with Crippen molar-refractivity contribution < 1.29 is 9.59 Å². The predicted molar refractivity (Wildman–Crippen MR) is 67.4 cm³/mol. The second kappa shape index (κ2) is 6.33. The summed E-state index contributed by atoms with van der Waals surface area (Å²) in [6.07, 6.45) is 5.80. The fourth-order valence-corrected chi connectivity index (χ4v) is 1.25. The molecule has 0 aliphatic heterocycles. The Balaban J connectivity index is 2.53.